The lowest BCUT2D eigenvalue weighted by Gasteiger charge is -2.71. The van der Waals surface area contributed by atoms with Crippen LogP contribution in [0.1, 0.15) is 113 Å². The average Bonchev–Trinajstić information content (AvgIpc) is 3.56. The van der Waals surface area contributed by atoms with Gasteiger partial charge >= 0.3 is 16.4 Å². The summed E-state index contributed by atoms with van der Waals surface area (Å²) in [6.45, 7) is 12.0. The molecule has 27 heteroatoms. The number of aliphatic hydroxyl groups is 13. The highest BCUT2D eigenvalue weighted by Gasteiger charge is 2.70. The summed E-state index contributed by atoms with van der Waals surface area (Å²) in [6.07, 6.45) is -29.6. The summed E-state index contributed by atoms with van der Waals surface area (Å²) in [5.74, 6) is -0.805. The van der Waals surface area contributed by atoms with Crippen LogP contribution in [0.5, 0.6) is 0 Å². The van der Waals surface area contributed by atoms with E-state index in [9.17, 15) is 79.4 Å². The van der Waals surface area contributed by atoms with Crippen LogP contribution in [0.2, 0.25) is 0 Å². The normalized spacial score (nSPS) is 51.6. The number of allylic oxidation sites excluding steroid dienone is 2. The van der Waals surface area contributed by atoms with Crippen LogP contribution in [-0.2, 0) is 57.3 Å². The van der Waals surface area contributed by atoms with Crippen LogP contribution in [0.15, 0.2) is 11.6 Å². The number of esters is 1. The maximum atomic E-state index is 15.5. The molecule has 8 fully saturated rings. The summed E-state index contributed by atoms with van der Waals surface area (Å²) in [5, 5.41) is 140. The van der Waals surface area contributed by atoms with Gasteiger partial charge in [-0.05, 0) is 109 Å². The van der Waals surface area contributed by atoms with Gasteiger partial charge in [-0.1, -0.05) is 60.1 Å². The number of hydrogen-bond acceptors (Lipinski definition) is 25. The number of carbonyl (C=O) groups is 1. The molecule has 4 heterocycles. The van der Waals surface area contributed by atoms with Crippen molar-refractivity contribution in [3.8, 4) is 0 Å². The van der Waals surface area contributed by atoms with E-state index in [-0.39, 0.29) is 34.0 Å². The van der Waals surface area contributed by atoms with Gasteiger partial charge in [-0.3, -0.25) is 9.35 Å². The standard InChI is InChI=1S/C54H88O26S/c1-49(2)14-16-54(17-15-52(6)23(24(54)18-49)8-9-30-51(5)12-11-31(80-81(69,70)71)50(3,4)29(51)10-13-53(30,52)7)48(68)79-47-43(39(65)34(60)27(21-57)75-47)78-46-42(38(64)33(59)26(20-56)74-46)77-45-41(67)37(63)35(61)28(76-45)22-72-44-40(66)36(62)32(58)25(19-55)73-44/h8,24-47,55-67H,9-22H2,1-7H3,(H,69,70,71). The van der Waals surface area contributed by atoms with Gasteiger partial charge in [0.2, 0.25) is 6.29 Å². The van der Waals surface area contributed by atoms with Crippen molar-refractivity contribution in [1.82, 2.24) is 0 Å². The predicted octanol–water partition coefficient (Wildman–Crippen LogP) is -2.21. The third-order valence-corrected chi connectivity index (χ3v) is 22.1. The van der Waals surface area contributed by atoms with Gasteiger partial charge in [0, 0.05) is 0 Å². The van der Waals surface area contributed by atoms with Crippen molar-refractivity contribution in [3.05, 3.63) is 11.6 Å². The number of hydrogen-bond donors (Lipinski definition) is 14. The molecule has 4 saturated carbocycles. The van der Waals surface area contributed by atoms with Gasteiger partial charge < -0.3 is 104 Å². The molecule has 5 aliphatic carbocycles. The first kappa shape index (κ1) is 63.8. The molecule has 0 aromatic carbocycles. The van der Waals surface area contributed by atoms with Gasteiger partial charge in [0.05, 0.1) is 37.9 Å². The van der Waals surface area contributed by atoms with Gasteiger partial charge in [0.15, 0.2) is 25.0 Å². The maximum Gasteiger partial charge on any atom is 0.397 e. The van der Waals surface area contributed by atoms with Gasteiger partial charge in [-0.2, -0.15) is 8.42 Å². The molecule has 0 radical (unpaired) electrons. The quantitative estimate of drug-likeness (QED) is 0.0498. The van der Waals surface area contributed by atoms with Crippen LogP contribution < -0.4 is 0 Å². The van der Waals surface area contributed by atoms with E-state index < -0.39 is 188 Å². The van der Waals surface area contributed by atoms with E-state index in [0.717, 1.165) is 18.4 Å². The molecule has 0 bridgehead atoms. The lowest BCUT2D eigenvalue weighted by molar-refractivity contribution is -0.393. The number of rotatable bonds is 14. The maximum absolute atomic E-state index is 15.5. The van der Waals surface area contributed by atoms with E-state index in [4.69, 9.17) is 42.1 Å². The van der Waals surface area contributed by atoms with Crippen LogP contribution in [-0.4, -0.2) is 241 Å². The van der Waals surface area contributed by atoms with Crippen molar-refractivity contribution in [2.45, 2.75) is 242 Å². The molecule has 4 aliphatic heterocycles. The Morgan fingerprint density at radius 3 is 1.68 bits per heavy atom. The molecule has 28 unspecified atom stereocenters. The summed E-state index contributed by atoms with van der Waals surface area (Å²) < 4.78 is 86.3. The largest absolute Gasteiger partial charge is 0.432 e. The zero-order valence-corrected chi connectivity index (χ0v) is 47.7. The van der Waals surface area contributed by atoms with Crippen molar-refractivity contribution in [1.29, 1.82) is 0 Å². The van der Waals surface area contributed by atoms with Gasteiger partial charge in [-0.15, -0.1) is 0 Å². The SMILES string of the molecule is CC1(C)CCC2(C(=O)OC3OC(CO)C(O)C(O)C3OC3OC(CO)C(O)C(O)C3OC3OC(COC4OC(CO)C(O)C(O)C4O)C(O)C(O)C3O)CCC3(C)C(=CCC4C5(C)CCC(OS(=O)(=O)O)C(C)(C)C5CCC43C)C2C1. The molecular formula is C54H88O26S. The number of carbonyl (C=O) groups excluding carboxylic acids is 1. The molecule has 4 saturated heterocycles. The summed E-state index contributed by atoms with van der Waals surface area (Å²) in [5.41, 5.74) is -1.72. The fourth-order valence-corrected chi connectivity index (χ4v) is 17.2. The van der Waals surface area contributed by atoms with Crippen LogP contribution in [0.25, 0.3) is 0 Å². The van der Waals surface area contributed by atoms with Crippen LogP contribution in [0.3, 0.4) is 0 Å². The molecule has 28 atom stereocenters. The highest BCUT2D eigenvalue weighted by molar-refractivity contribution is 7.80. The number of aliphatic hydroxyl groups excluding tert-OH is 13. The summed E-state index contributed by atoms with van der Waals surface area (Å²) >= 11 is 0. The zero-order valence-electron chi connectivity index (χ0n) is 46.9. The van der Waals surface area contributed by atoms with Gasteiger partial charge in [0.1, 0.15) is 91.6 Å². The second-order valence-corrected chi connectivity index (χ2v) is 27.9. The third kappa shape index (κ3) is 11.0. The summed E-state index contributed by atoms with van der Waals surface area (Å²) in [4.78, 5) is 15.5. The Kier molecular flexibility index (Phi) is 18.2. The minimum Gasteiger partial charge on any atom is -0.432 e. The first-order chi connectivity index (χ1) is 37.7. The van der Waals surface area contributed by atoms with E-state index in [0.29, 0.717) is 51.4 Å². The van der Waals surface area contributed by atoms with Crippen molar-refractivity contribution < 1.29 is 126 Å². The van der Waals surface area contributed by atoms with Gasteiger partial charge in [-0.25, -0.2) is 4.18 Å². The summed E-state index contributed by atoms with van der Waals surface area (Å²) in [7, 11) is -4.69. The first-order valence-electron chi connectivity index (χ1n) is 28.5. The molecule has 0 amide bonds. The van der Waals surface area contributed by atoms with Gasteiger partial charge in [0.25, 0.3) is 0 Å². The van der Waals surface area contributed by atoms with E-state index in [2.05, 4.69) is 40.7 Å². The number of ether oxygens (including phenoxy) is 8. The zero-order chi connectivity index (χ0) is 59.5. The highest BCUT2D eigenvalue weighted by atomic mass is 32.3. The van der Waals surface area contributed by atoms with Crippen molar-refractivity contribution in [2.75, 3.05) is 26.4 Å². The molecule has 0 aromatic heterocycles. The summed E-state index contributed by atoms with van der Waals surface area (Å²) in [6, 6.07) is 0. The molecule has 26 nitrogen and oxygen atoms in total. The van der Waals surface area contributed by atoms with E-state index in [1.807, 2.05) is 13.8 Å². The predicted molar refractivity (Wildman–Crippen MR) is 273 cm³/mol. The van der Waals surface area contributed by atoms with Crippen molar-refractivity contribution in [2.24, 2.45) is 50.2 Å². The molecule has 466 valence electrons. The molecule has 9 aliphatic rings. The lowest BCUT2D eigenvalue weighted by Crippen LogP contribution is -2.67. The number of fused-ring (bicyclic) bond motifs is 7. The monoisotopic (exact) mass is 1180 g/mol. The van der Waals surface area contributed by atoms with Crippen LogP contribution in [0.4, 0.5) is 0 Å². The molecule has 81 heavy (non-hydrogen) atoms. The molecule has 0 aromatic rings. The second kappa shape index (κ2) is 23.1. The van der Waals surface area contributed by atoms with Crippen molar-refractivity contribution >= 4 is 16.4 Å². The molecule has 0 spiro atoms. The van der Waals surface area contributed by atoms with Crippen LogP contribution >= 0.6 is 0 Å². The Balaban J connectivity index is 0.975. The smallest absolute Gasteiger partial charge is 0.397 e. The van der Waals surface area contributed by atoms with E-state index in [1.165, 1.54) is 0 Å². The minimum atomic E-state index is -4.69. The fraction of sp³-hybridized carbons (Fsp3) is 0.944. The van der Waals surface area contributed by atoms with E-state index in [1.54, 1.807) is 0 Å². The Hall–Kier alpha value is -1.72. The molecule has 9 rings (SSSR count). The Morgan fingerprint density at radius 1 is 0.580 bits per heavy atom. The highest BCUT2D eigenvalue weighted by Crippen LogP contribution is 2.76. The molecule has 14 N–H and O–H groups in total. The Morgan fingerprint density at radius 2 is 1.09 bits per heavy atom. The lowest BCUT2D eigenvalue weighted by atomic mass is 9.33. The first-order valence-corrected chi connectivity index (χ1v) is 29.9. The topological polar surface area (TPSA) is 418 Å². The third-order valence-electron chi connectivity index (χ3n) is 21.6. The fourth-order valence-electron chi connectivity index (χ4n) is 16.6. The molecular weight excluding hydrogens is 1100 g/mol. The second-order valence-electron chi connectivity index (χ2n) is 26.8. The van der Waals surface area contributed by atoms with Crippen molar-refractivity contribution in [3.63, 3.8) is 0 Å². The Bertz CT molecular complexity index is 2380. The average molecular weight is 1190 g/mol. The minimum absolute atomic E-state index is 0.0711. The Labute approximate surface area is 471 Å². The van der Waals surface area contributed by atoms with Crippen LogP contribution in [0, 0.1) is 50.2 Å². The van der Waals surface area contributed by atoms with E-state index >= 15 is 4.79 Å².